The highest BCUT2D eigenvalue weighted by Crippen LogP contribution is 2.17. The highest BCUT2D eigenvalue weighted by Gasteiger charge is 2.14. The highest BCUT2D eigenvalue weighted by atomic mass is 79.9. The SMILES string of the molecule is CCOC(=O)c1ccc(S)cc1CC(=O)CBr. The molecule has 5 heteroatoms. The van der Waals surface area contributed by atoms with Crippen molar-refractivity contribution in [3.63, 3.8) is 0 Å². The fourth-order valence-corrected chi connectivity index (χ4v) is 1.82. The molecule has 0 saturated carbocycles. The third-order valence-electron chi connectivity index (χ3n) is 2.12. The Morgan fingerprint density at radius 2 is 2.12 bits per heavy atom. The molecule has 0 unspecified atom stereocenters. The van der Waals surface area contributed by atoms with Crippen LogP contribution in [0.5, 0.6) is 0 Å². The molecule has 0 aliphatic rings. The lowest BCUT2D eigenvalue weighted by molar-refractivity contribution is -0.115. The number of ketones is 1. The Bertz CT molecular complexity index is 432. The predicted molar refractivity (Wildman–Crippen MR) is 72.2 cm³/mol. The third-order valence-corrected chi connectivity index (χ3v) is 3.02. The van der Waals surface area contributed by atoms with Crippen molar-refractivity contribution >= 4 is 40.3 Å². The first-order chi connectivity index (χ1) is 8.08. The van der Waals surface area contributed by atoms with Crippen LogP contribution in [0.2, 0.25) is 0 Å². The fourth-order valence-electron chi connectivity index (χ4n) is 1.39. The number of ether oxygens (including phenoxy) is 1. The summed E-state index contributed by atoms with van der Waals surface area (Å²) in [5.74, 6) is -0.396. The van der Waals surface area contributed by atoms with E-state index in [1.165, 1.54) is 0 Å². The van der Waals surface area contributed by atoms with Crippen LogP contribution in [0.4, 0.5) is 0 Å². The maximum absolute atomic E-state index is 11.7. The Morgan fingerprint density at radius 3 is 2.71 bits per heavy atom. The number of esters is 1. The topological polar surface area (TPSA) is 43.4 Å². The first-order valence-electron chi connectivity index (χ1n) is 5.15. The molecule has 1 aromatic rings. The number of hydrogen-bond acceptors (Lipinski definition) is 4. The number of rotatable bonds is 5. The van der Waals surface area contributed by atoms with Gasteiger partial charge in [-0.2, -0.15) is 0 Å². The van der Waals surface area contributed by atoms with Crippen LogP contribution < -0.4 is 0 Å². The lowest BCUT2D eigenvalue weighted by atomic mass is 10.0. The van der Waals surface area contributed by atoms with Gasteiger partial charge in [-0.1, -0.05) is 15.9 Å². The molecule has 92 valence electrons. The van der Waals surface area contributed by atoms with Crippen LogP contribution in [0.3, 0.4) is 0 Å². The largest absolute Gasteiger partial charge is 0.462 e. The molecule has 0 amide bonds. The Hall–Kier alpha value is -0.810. The summed E-state index contributed by atoms with van der Waals surface area (Å²) in [7, 11) is 0. The van der Waals surface area contributed by atoms with E-state index >= 15 is 0 Å². The molecule has 0 spiro atoms. The van der Waals surface area contributed by atoms with E-state index in [9.17, 15) is 9.59 Å². The summed E-state index contributed by atoms with van der Waals surface area (Å²) < 4.78 is 4.94. The third kappa shape index (κ3) is 4.16. The summed E-state index contributed by atoms with van der Waals surface area (Å²) in [6.45, 7) is 2.06. The number of hydrogen-bond donors (Lipinski definition) is 1. The van der Waals surface area contributed by atoms with Crippen LogP contribution in [-0.2, 0) is 16.0 Å². The van der Waals surface area contributed by atoms with Gasteiger partial charge in [0.25, 0.3) is 0 Å². The zero-order valence-corrected chi connectivity index (χ0v) is 11.9. The van der Waals surface area contributed by atoms with E-state index in [1.807, 2.05) is 0 Å². The molecule has 0 N–H and O–H groups in total. The predicted octanol–water partition coefficient (Wildman–Crippen LogP) is 2.66. The van der Waals surface area contributed by atoms with Gasteiger partial charge in [0, 0.05) is 11.3 Å². The van der Waals surface area contributed by atoms with Crippen molar-refractivity contribution in [1.29, 1.82) is 0 Å². The maximum atomic E-state index is 11.7. The zero-order valence-electron chi connectivity index (χ0n) is 9.40. The summed E-state index contributed by atoms with van der Waals surface area (Å²) in [5.41, 5.74) is 1.08. The molecule has 0 radical (unpaired) electrons. The average Bonchev–Trinajstić information content (AvgIpc) is 2.29. The van der Waals surface area contributed by atoms with Crippen molar-refractivity contribution in [1.82, 2.24) is 0 Å². The standard InChI is InChI=1S/C12H13BrO3S/c1-2-16-12(15)11-4-3-10(17)6-8(11)5-9(14)7-13/h3-4,6,17H,2,5,7H2,1H3. The van der Waals surface area contributed by atoms with Gasteiger partial charge < -0.3 is 4.74 Å². The molecule has 17 heavy (non-hydrogen) atoms. The van der Waals surface area contributed by atoms with Gasteiger partial charge in [-0.25, -0.2) is 4.79 Å². The number of benzene rings is 1. The van der Waals surface area contributed by atoms with E-state index in [-0.39, 0.29) is 17.5 Å². The number of carbonyl (C=O) groups is 2. The van der Waals surface area contributed by atoms with Gasteiger partial charge >= 0.3 is 5.97 Å². The number of alkyl halides is 1. The van der Waals surface area contributed by atoms with Crippen molar-refractivity contribution in [3.05, 3.63) is 29.3 Å². The molecule has 1 rings (SSSR count). The summed E-state index contributed by atoms with van der Waals surface area (Å²) in [6.07, 6.45) is 0.202. The molecule has 1 aromatic carbocycles. The Labute approximate surface area is 114 Å². The second-order valence-corrected chi connectivity index (χ2v) is 4.49. The second-order valence-electron chi connectivity index (χ2n) is 3.41. The lowest BCUT2D eigenvalue weighted by Crippen LogP contribution is -2.12. The van der Waals surface area contributed by atoms with Gasteiger partial charge in [0.1, 0.15) is 5.78 Å². The molecule has 3 nitrogen and oxygen atoms in total. The Balaban J connectivity index is 3.03. The first kappa shape index (κ1) is 14.3. The quantitative estimate of drug-likeness (QED) is 0.516. The molecule has 0 bridgehead atoms. The van der Waals surface area contributed by atoms with E-state index < -0.39 is 5.97 Å². The van der Waals surface area contributed by atoms with Crippen molar-refractivity contribution in [2.45, 2.75) is 18.2 Å². The van der Waals surface area contributed by atoms with E-state index in [0.29, 0.717) is 17.7 Å². The Kier molecular flexibility index (Phi) is 5.71. The van der Waals surface area contributed by atoms with Gasteiger partial charge in [0.05, 0.1) is 17.5 Å². The molecule has 0 heterocycles. The monoisotopic (exact) mass is 316 g/mol. The van der Waals surface area contributed by atoms with Crippen LogP contribution in [0, 0.1) is 0 Å². The van der Waals surface area contributed by atoms with Crippen molar-refractivity contribution < 1.29 is 14.3 Å². The van der Waals surface area contributed by atoms with Gasteiger partial charge in [-0.05, 0) is 30.7 Å². The molecule has 0 fully saturated rings. The normalized spacial score (nSPS) is 10.1. The molecule has 0 aliphatic carbocycles. The number of thiol groups is 1. The minimum Gasteiger partial charge on any atom is -0.462 e. The molecular weight excluding hydrogens is 304 g/mol. The zero-order chi connectivity index (χ0) is 12.8. The van der Waals surface area contributed by atoms with Gasteiger partial charge in [-0.15, -0.1) is 12.6 Å². The fraction of sp³-hybridized carbons (Fsp3) is 0.333. The van der Waals surface area contributed by atoms with Crippen LogP contribution in [0.1, 0.15) is 22.8 Å². The minimum absolute atomic E-state index is 0.00878. The van der Waals surface area contributed by atoms with E-state index in [2.05, 4.69) is 28.6 Å². The summed E-state index contributed by atoms with van der Waals surface area (Å²) in [4.78, 5) is 23.8. The molecule has 0 aromatic heterocycles. The number of halogens is 1. The van der Waals surface area contributed by atoms with Crippen LogP contribution in [0.25, 0.3) is 0 Å². The van der Waals surface area contributed by atoms with Crippen molar-refractivity contribution in [3.8, 4) is 0 Å². The smallest absolute Gasteiger partial charge is 0.338 e. The van der Waals surface area contributed by atoms with Crippen molar-refractivity contribution in [2.24, 2.45) is 0 Å². The van der Waals surface area contributed by atoms with Crippen LogP contribution in [-0.4, -0.2) is 23.7 Å². The second kappa shape index (κ2) is 6.81. The number of carbonyl (C=O) groups excluding carboxylic acids is 2. The Morgan fingerprint density at radius 1 is 1.41 bits per heavy atom. The van der Waals surface area contributed by atoms with Crippen LogP contribution >= 0.6 is 28.6 Å². The van der Waals surface area contributed by atoms with E-state index in [1.54, 1.807) is 25.1 Å². The lowest BCUT2D eigenvalue weighted by Gasteiger charge is -2.08. The first-order valence-corrected chi connectivity index (χ1v) is 6.72. The van der Waals surface area contributed by atoms with Crippen molar-refractivity contribution in [2.75, 3.05) is 11.9 Å². The van der Waals surface area contributed by atoms with E-state index in [0.717, 1.165) is 4.90 Å². The molecule has 0 aliphatic heterocycles. The van der Waals surface area contributed by atoms with E-state index in [4.69, 9.17) is 4.74 Å². The summed E-state index contributed by atoms with van der Waals surface area (Å²) >= 11 is 7.30. The van der Waals surface area contributed by atoms with Crippen LogP contribution in [0.15, 0.2) is 23.1 Å². The summed E-state index contributed by atoms with van der Waals surface area (Å²) in [6, 6.07) is 5.06. The summed E-state index contributed by atoms with van der Waals surface area (Å²) in [5, 5.41) is 0.270. The average molecular weight is 317 g/mol. The van der Waals surface area contributed by atoms with Gasteiger partial charge in [0.2, 0.25) is 0 Å². The molecule has 0 atom stereocenters. The maximum Gasteiger partial charge on any atom is 0.338 e. The number of Topliss-reactive ketones (excluding diaryl/α,β-unsaturated/α-hetero) is 1. The molecule has 0 saturated heterocycles. The van der Waals surface area contributed by atoms with Gasteiger partial charge in [-0.3, -0.25) is 4.79 Å². The highest BCUT2D eigenvalue weighted by molar-refractivity contribution is 9.09. The minimum atomic E-state index is -0.404. The molecular formula is C12H13BrO3S. The van der Waals surface area contributed by atoms with Gasteiger partial charge in [0.15, 0.2) is 0 Å².